The van der Waals surface area contributed by atoms with Crippen molar-refractivity contribution in [1.82, 2.24) is 5.32 Å². The largest absolute Gasteiger partial charge is 0.392 e. The van der Waals surface area contributed by atoms with Gasteiger partial charge >= 0.3 is 24.3 Å². The summed E-state index contributed by atoms with van der Waals surface area (Å²) in [5.74, 6) is -15.3. The van der Waals surface area contributed by atoms with Gasteiger partial charge in [-0.2, -0.15) is 26.3 Å². The van der Waals surface area contributed by atoms with Crippen LogP contribution in [0.3, 0.4) is 0 Å². The number of para-hydroxylation sites is 1. The third kappa shape index (κ3) is 3.87. The number of nitro groups is 1. The van der Waals surface area contributed by atoms with Crippen LogP contribution in [-0.4, -0.2) is 43.5 Å². The Hall–Kier alpha value is -2.03. The van der Waals surface area contributed by atoms with E-state index in [0.717, 1.165) is 12.1 Å². The maximum Gasteiger partial charge on any atom is 0.392 e. The lowest BCUT2D eigenvalue weighted by atomic mass is 10.1. The van der Waals surface area contributed by atoms with Gasteiger partial charge in [0.2, 0.25) is 0 Å². The van der Waals surface area contributed by atoms with Crippen molar-refractivity contribution in [3.05, 3.63) is 34.4 Å². The molecule has 0 saturated heterocycles. The second-order valence-corrected chi connectivity index (χ2v) is 6.69. The Morgan fingerprint density at radius 1 is 1.08 bits per heavy atom. The third-order valence-electron chi connectivity index (χ3n) is 2.97. The van der Waals surface area contributed by atoms with Crippen LogP contribution in [0.15, 0.2) is 29.2 Å². The first kappa shape index (κ1) is 22.0. The van der Waals surface area contributed by atoms with Crippen LogP contribution in [0.4, 0.5) is 40.8 Å². The van der Waals surface area contributed by atoms with Gasteiger partial charge in [-0.3, -0.25) is 10.1 Å². The number of benzene rings is 1. The van der Waals surface area contributed by atoms with Gasteiger partial charge in [-0.05, 0) is 6.07 Å². The smallest absolute Gasteiger partial charge is 0.258 e. The van der Waals surface area contributed by atoms with Crippen LogP contribution in [0.5, 0.6) is 0 Å². The zero-order chi connectivity index (χ0) is 20.6. The van der Waals surface area contributed by atoms with Crippen molar-refractivity contribution in [2.75, 3.05) is 5.88 Å². The summed E-state index contributed by atoms with van der Waals surface area (Å²) in [5, 5.41) is 11.0. The van der Waals surface area contributed by atoms with Gasteiger partial charge in [0, 0.05) is 6.07 Å². The highest BCUT2D eigenvalue weighted by Crippen LogP contribution is 2.47. The second-order valence-electron chi connectivity index (χ2n) is 4.73. The van der Waals surface area contributed by atoms with E-state index in [1.807, 2.05) is 0 Å². The van der Waals surface area contributed by atoms with Crippen LogP contribution < -0.4 is 5.32 Å². The van der Waals surface area contributed by atoms with Crippen LogP contribution in [0.25, 0.3) is 0 Å². The summed E-state index contributed by atoms with van der Waals surface area (Å²) in [6.07, 6.45) is -5.17. The van der Waals surface area contributed by atoms with Crippen LogP contribution >= 0.6 is 0 Å². The normalized spacial score (nSPS) is 13.9. The molecular weight excluding hydrogens is 408 g/mol. The molecule has 26 heavy (non-hydrogen) atoms. The molecule has 1 aromatic carbocycles. The zero-order valence-electron chi connectivity index (χ0n) is 12.1. The Bertz CT molecular complexity index is 784. The van der Waals surface area contributed by atoms with Crippen LogP contribution in [0.1, 0.15) is 0 Å². The van der Waals surface area contributed by atoms with E-state index in [4.69, 9.17) is 0 Å². The molecule has 0 bridgehead atoms. The van der Waals surface area contributed by atoms with E-state index in [9.17, 15) is 53.7 Å². The predicted molar refractivity (Wildman–Crippen MR) is 69.1 cm³/mol. The molecule has 0 amide bonds. The Balaban J connectivity index is 3.16. The van der Waals surface area contributed by atoms with Crippen molar-refractivity contribution in [3.8, 4) is 0 Å². The summed E-state index contributed by atoms with van der Waals surface area (Å²) in [6.45, 7) is 0. The first-order valence-corrected chi connectivity index (χ1v) is 7.86. The van der Waals surface area contributed by atoms with E-state index < -0.39 is 55.5 Å². The summed E-state index contributed by atoms with van der Waals surface area (Å²) in [6, 6.07) is -2.89. The van der Waals surface area contributed by atoms with Gasteiger partial charge < -0.3 is 0 Å². The molecular formula is C11H8F8N2O4S. The van der Waals surface area contributed by atoms with Crippen molar-refractivity contribution in [3.63, 3.8) is 0 Å². The molecule has 0 aliphatic rings. The van der Waals surface area contributed by atoms with Crippen LogP contribution in [0.2, 0.25) is 0 Å². The molecule has 0 aliphatic carbocycles. The van der Waals surface area contributed by atoms with E-state index in [-0.39, 0.29) is 5.32 Å². The first-order chi connectivity index (χ1) is 11.6. The number of alkyl halides is 8. The molecule has 0 radical (unpaired) electrons. The molecule has 0 saturated carbocycles. The summed E-state index contributed by atoms with van der Waals surface area (Å²) < 4.78 is 126. The quantitative estimate of drug-likeness (QED) is 0.305. The number of nitro benzene ring substituents is 1. The zero-order valence-corrected chi connectivity index (χ0v) is 12.9. The number of hydrogen-bond donors (Lipinski definition) is 1. The van der Waals surface area contributed by atoms with E-state index >= 15 is 0 Å². The van der Waals surface area contributed by atoms with Gasteiger partial charge in [-0.1, -0.05) is 12.1 Å². The van der Waals surface area contributed by atoms with Gasteiger partial charge in [0.05, 0.1) is 4.92 Å². The van der Waals surface area contributed by atoms with Gasteiger partial charge in [-0.25, -0.2) is 22.5 Å². The highest BCUT2D eigenvalue weighted by molar-refractivity contribution is 7.91. The molecule has 1 aromatic rings. The number of halogens is 8. The third-order valence-corrected chi connectivity index (χ3v) is 4.51. The number of nitrogens with zero attached hydrogens (tertiary/aromatic N) is 1. The Morgan fingerprint density at radius 3 is 2.04 bits per heavy atom. The van der Waals surface area contributed by atoms with E-state index in [2.05, 4.69) is 0 Å². The SMILES string of the molecule is O=[N+]([O-])c1ccccc1S(=O)(=O)CNC(F)(F)C(F)(F)C(F)(F)C(F)F. The summed E-state index contributed by atoms with van der Waals surface area (Å²) in [7, 11) is -5.09. The second kappa shape index (κ2) is 6.94. The molecule has 1 rings (SSSR count). The Morgan fingerprint density at radius 2 is 1.58 bits per heavy atom. The standard InChI is InChI=1S/C11H8F8N2O4S/c12-8(13)9(14,15)10(16,17)11(18,19)20-5-26(24,25)7-4-2-1-3-6(7)21(22)23/h1-4,8,20H,5H2. The predicted octanol–water partition coefficient (Wildman–Crippen LogP) is 3.04. The molecule has 0 spiro atoms. The number of hydrogen-bond acceptors (Lipinski definition) is 5. The van der Waals surface area contributed by atoms with Gasteiger partial charge in [0.15, 0.2) is 9.84 Å². The summed E-state index contributed by atoms with van der Waals surface area (Å²) in [5.41, 5.74) is -1.10. The average molecular weight is 416 g/mol. The Labute approximate surface area is 139 Å². The van der Waals surface area contributed by atoms with Crippen molar-refractivity contribution in [2.24, 2.45) is 0 Å². The maximum atomic E-state index is 13.3. The van der Waals surface area contributed by atoms with Crippen molar-refractivity contribution in [2.45, 2.75) is 29.2 Å². The Kier molecular flexibility index (Phi) is 5.88. The molecule has 0 aliphatic heterocycles. The summed E-state index contributed by atoms with van der Waals surface area (Å²) >= 11 is 0. The molecule has 0 fully saturated rings. The minimum atomic E-state index is -6.66. The topological polar surface area (TPSA) is 89.3 Å². The van der Waals surface area contributed by atoms with Crippen LogP contribution in [0, 0.1) is 10.1 Å². The van der Waals surface area contributed by atoms with E-state index in [0.29, 0.717) is 12.1 Å². The lowest BCUT2D eigenvalue weighted by molar-refractivity contribution is -0.387. The fourth-order valence-electron chi connectivity index (χ4n) is 1.59. The van der Waals surface area contributed by atoms with Crippen molar-refractivity contribution >= 4 is 15.5 Å². The average Bonchev–Trinajstić information content (AvgIpc) is 2.52. The molecule has 15 heteroatoms. The minimum Gasteiger partial charge on any atom is -0.258 e. The summed E-state index contributed by atoms with van der Waals surface area (Å²) in [4.78, 5) is 8.32. The molecule has 0 unspecified atom stereocenters. The maximum absolute atomic E-state index is 13.3. The number of rotatable bonds is 8. The molecule has 6 nitrogen and oxygen atoms in total. The van der Waals surface area contributed by atoms with Crippen LogP contribution in [-0.2, 0) is 9.84 Å². The van der Waals surface area contributed by atoms with Gasteiger partial charge in [-0.15, -0.1) is 0 Å². The fourth-order valence-corrected chi connectivity index (χ4v) is 2.87. The molecule has 0 aromatic heterocycles. The monoisotopic (exact) mass is 416 g/mol. The van der Waals surface area contributed by atoms with E-state index in [1.54, 1.807) is 0 Å². The van der Waals surface area contributed by atoms with Crippen molar-refractivity contribution in [1.29, 1.82) is 0 Å². The fraction of sp³-hybridized carbons (Fsp3) is 0.455. The molecule has 1 N–H and O–H groups in total. The lowest BCUT2D eigenvalue weighted by Crippen LogP contribution is -2.63. The molecule has 0 heterocycles. The highest BCUT2D eigenvalue weighted by atomic mass is 32.2. The number of nitrogens with one attached hydrogen (secondary N) is 1. The number of sulfone groups is 1. The van der Waals surface area contributed by atoms with Gasteiger partial charge in [0.1, 0.15) is 10.8 Å². The first-order valence-electron chi connectivity index (χ1n) is 6.20. The lowest BCUT2D eigenvalue weighted by Gasteiger charge is -2.32. The minimum absolute atomic E-state index is 0.258. The molecule has 0 atom stereocenters. The van der Waals surface area contributed by atoms with Crippen molar-refractivity contribution < 1.29 is 48.5 Å². The van der Waals surface area contributed by atoms with E-state index in [1.165, 1.54) is 0 Å². The van der Waals surface area contributed by atoms with Gasteiger partial charge in [0.25, 0.3) is 5.69 Å². The highest BCUT2D eigenvalue weighted by Gasteiger charge is 2.75. The molecule has 148 valence electrons.